The third kappa shape index (κ3) is 4.05. The molecule has 2 aromatic heterocycles. The van der Waals surface area contributed by atoms with E-state index >= 15 is 0 Å². The Balaban J connectivity index is 1.52. The number of hydrogen-bond donors (Lipinski definition) is 1. The van der Waals surface area contributed by atoms with Gasteiger partial charge in [0.25, 0.3) is 5.91 Å². The van der Waals surface area contributed by atoms with Crippen LogP contribution >= 0.6 is 22.7 Å². The maximum absolute atomic E-state index is 12.1. The molecule has 1 amide bonds. The van der Waals surface area contributed by atoms with Gasteiger partial charge in [-0.2, -0.15) is 0 Å². The maximum atomic E-state index is 12.1. The number of nitrogens with zero attached hydrogens (tertiary/aromatic N) is 2. The fourth-order valence-electron chi connectivity index (χ4n) is 2.73. The first-order valence-corrected chi connectivity index (χ1v) is 9.70. The average molecular weight is 367 g/mol. The molecule has 0 aromatic carbocycles. The Morgan fingerprint density at radius 3 is 2.71 bits per heavy atom. The molecule has 8 heteroatoms. The van der Waals surface area contributed by atoms with Gasteiger partial charge in [-0.3, -0.25) is 4.79 Å². The molecule has 3 rings (SSSR count). The number of esters is 1. The fourth-order valence-corrected chi connectivity index (χ4v) is 4.76. The smallest absolute Gasteiger partial charge is 0.348 e. The number of carbonyl (C=O) groups excluding carboxylic acids is 2. The van der Waals surface area contributed by atoms with Crippen LogP contribution in [-0.2, 0) is 9.53 Å². The van der Waals surface area contributed by atoms with E-state index in [-0.39, 0.29) is 18.6 Å². The topological polar surface area (TPSA) is 71.5 Å². The van der Waals surface area contributed by atoms with E-state index in [9.17, 15) is 9.59 Å². The highest BCUT2D eigenvalue weighted by molar-refractivity contribution is 7.29. The van der Waals surface area contributed by atoms with Crippen LogP contribution in [0.15, 0.2) is 6.07 Å². The summed E-state index contributed by atoms with van der Waals surface area (Å²) in [5.41, 5.74) is 0. The molecule has 0 saturated heterocycles. The van der Waals surface area contributed by atoms with E-state index in [4.69, 9.17) is 4.74 Å². The predicted octanol–water partition coefficient (Wildman–Crippen LogP) is 3.03. The molecule has 1 saturated carbocycles. The monoisotopic (exact) mass is 367 g/mol. The SMILES string of the molecule is CN(C)c1nc2sc(C(=O)OCC(=O)NC3CCCCC3)cc2s1. The lowest BCUT2D eigenvalue weighted by atomic mass is 9.95. The number of carbonyl (C=O) groups is 2. The third-order valence-corrected chi connectivity index (χ3v) is 6.27. The van der Waals surface area contributed by atoms with Gasteiger partial charge in [0.05, 0.1) is 4.70 Å². The summed E-state index contributed by atoms with van der Waals surface area (Å²) in [6.45, 7) is -0.225. The molecule has 1 fully saturated rings. The normalized spacial score (nSPS) is 15.4. The van der Waals surface area contributed by atoms with Crippen molar-refractivity contribution in [2.45, 2.75) is 38.1 Å². The van der Waals surface area contributed by atoms with E-state index in [0.717, 1.165) is 40.3 Å². The van der Waals surface area contributed by atoms with Crippen LogP contribution in [0.2, 0.25) is 0 Å². The molecular formula is C16H21N3O3S2. The molecule has 6 nitrogen and oxygen atoms in total. The Kier molecular flexibility index (Phi) is 5.35. The number of fused-ring (bicyclic) bond motifs is 1. The minimum absolute atomic E-state index is 0.221. The molecule has 130 valence electrons. The van der Waals surface area contributed by atoms with Crippen LogP contribution in [0, 0.1) is 0 Å². The molecule has 1 aliphatic rings. The number of rotatable bonds is 5. The third-order valence-electron chi connectivity index (χ3n) is 3.97. The fraction of sp³-hybridized carbons (Fsp3) is 0.562. The average Bonchev–Trinajstić information content (AvgIpc) is 3.12. The molecule has 1 aliphatic carbocycles. The molecule has 1 N–H and O–H groups in total. The highest BCUT2D eigenvalue weighted by atomic mass is 32.1. The van der Waals surface area contributed by atoms with Gasteiger partial charge in [0.1, 0.15) is 9.71 Å². The van der Waals surface area contributed by atoms with Crippen LogP contribution in [0.1, 0.15) is 41.8 Å². The van der Waals surface area contributed by atoms with Gasteiger partial charge in [0, 0.05) is 20.1 Å². The Labute approximate surface area is 148 Å². The van der Waals surface area contributed by atoms with Gasteiger partial charge < -0.3 is 15.0 Å². The lowest BCUT2D eigenvalue weighted by Gasteiger charge is -2.22. The minimum atomic E-state index is -0.463. The number of aromatic nitrogens is 1. The maximum Gasteiger partial charge on any atom is 0.348 e. The van der Waals surface area contributed by atoms with Gasteiger partial charge in [-0.25, -0.2) is 9.78 Å². The number of hydrogen-bond acceptors (Lipinski definition) is 7. The van der Waals surface area contributed by atoms with Crippen molar-refractivity contribution >= 4 is 49.2 Å². The first kappa shape index (κ1) is 17.2. The zero-order chi connectivity index (χ0) is 17.1. The second-order valence-electron chi connectivity index (χ2n) is 6.15. The van der Waals surface area contributed by atoms with Gasteiger partial charge in [-0.1, -0.05) is 30.6 Å². The standard InChI is InChI=1S/C16H21N3O3S2/c1-19(2)16-18-14-11(24-16)8-12(23-14)15(21)22-9-13(20)17-10-6-4-3-5-7-10/h8,10H,3-7,9H2,1-2H3,(H,17,20). The summed E-state index contributed by atoms with van der Waals surface area (Å²) in [5, 5.41) is 3.84. The first-order valence-electron chi connectivity index (χ1n) is 8.07. The van der Waals surface area contributed by atoms with Gasteiger partial charge in [0.15, 0.2) is 11.7 Å². The molecule has 0 radical (unpaired) electrons. The molecule has 24 heavy (non-hydrogen) atoms. The Bertz CT molecular complexity index is 701. The van der Waals surface area contributed by atoms with Crippen molar-refractivity contribution in [3.63, 3.8) is 0 Å². The van der Waals surface area contributed by atoms with E-state index in [1.807, 2.05) is 19.0 Å². The second-order valence-corrected chi connectivity index (χ2v) is 8.19. The number of amides is 1. The number of nitrogens with one attached hydrogen (secondary N) is 1. The van der Waals surface area contributed by atoms with Crippen LogP contribution < -0.4 is 10.2 Å². The zero-order valence-corrected chi connectivity index (χ0v) is 15.5. The van der Waals surface area contributed by atoms with Crippen molar-refractivity contribution in [3.8, 4) is 0 Å². The summed E-state index contributed by atoms with van der Waals surface area (Å²) in [7, 11) is 3.87. The summed E-state index contributed by atoms with van der Waals surface area (Å²) in [5.74, 6) is -0.683. The van der Waals surface area contributed by atoms with E-state index in [1.165, 1.54) is 29.1 Å². The van der Waals surface area contributed by atoms with Gasteiger partial charge in [-0.05, 0) is 18.9 Å². The molecule has 0 spiro atoms. The Morgan fingerprint density at radius 1 is 1.29 bits per heavy atom. The molecular weight excluding hydrogens is 346 g/mol. The van der Waals surface area contributed by atoms with Crippen molar-refractivity contribution in [3.05, 3.63) is 10.9 Å². The van der Waals surface area contributed by atoms with Gasteiger partial charge in [0.2, 0.25) is 0 Å². The van der Waals surface area contributed by atoms with Crippen molar-refractivity contribution < 1.29 is 14.3 Å². The predicted molar refractivity (Wildman–Crippen MR) is 97.1 cm³/mol. The van der Waals surface area contributed by atoms with Gasteiger partial charge in [-0.15, -0.1) is 11.3 Å². The van der Waals surface area contributed by atoms with Crippen molar-refractivity contribution in [2.75, 3.05) is 25.6 Å². The van der Waals surface area contributed by atoms with Gasteiger partial charge >= 0.3 is 5.97 Å². The van der Waals surface area contributed by atoms with E-state index < -0.39 is 5.97 Å². The quantitative estimate of drug-likeness (QED) is 0.823. The summed E-state index contributed by atoms with van der Waals surface area (Å²) in [6.07, 6.45) is 5.57. The highest BCUT2D eigenvalue weighted by Crippen LogP contribution is 2.34. The zero-order valence-electron chi connectivity index (χ0n) is 13.8. The summed E-state index contributed by atoms with van der Waals surface area (Å²) in [4.78, 5) is 31.7. The van der Waals surface area contributed by atoms with Crippen molar-refractivity contribution in [1.82, 2.24) is 10.3 Å². The molecule has 0 bridgehead atoms. The first-order chi connectivity index (χ1) is 11.5. The van der Waals surface area contributed by atoms with Crippen LogP contribution in [0.3, 0.4) is 0 Å². The number of anilines is 1. The number of ether oxygens (including phenoxy) is 1. The molecule has 0 unspecified atom stereocenters. The molecule has 2 heterocycles. The summed E-state index contributed by atoms with van der Waals surface area (Å²) < 4.78 is 6.09. The van der Waals surface area contributed by atoms with E-state index in [0.29, 0.717) is 4.88 Å². The minimum Gasteiger partial charge on any atom is -0.451 e. The number of thiazole rings is 1. The highest BCUT2D eigenvalue weighted by Gasteiger charge is 2.19. The largest absolute Gasteiger partial charge is 0.451 e. The van der Waals surface area contributed by atoms with Crippen LogP contribution in [0.5, 0.6) is 0 Å². The summed E-state index contributed by atoms with van der Waals surface area (Å²) >= 11 is 2.83. The molecule has 0 aliphatic heterocycles. The van der Waals surface area contributed by atoms with Crippen molar-refractivity contribution in [1.29, 1.82) is 0 Å². The van der Waals surface area contributed by atoms with E-state index in [1.54, 1.807) is 6.07 Å². The lowest BCUT2D eigenvalue weighted by molar-refractivity contribution is -0.125. The van der Waals surface area contributed by atoms with E-state index in [2.05, 4.69) is 10.3 Å². The second kappa shape index (κ2) is 7.48. The Morgan fingerprint density at radius 2 is 2.04 bits per heavy atom. The molecule has 0 atom stereocenters. The van der Waals surface area contributed by atoms with Crippen molar-refractivity contribution in [2.24, 2.45) is 0 Å². The summed E-state index contributed by atoms with van der Waals surface area (Å²) in [6, 6.07) is 2.01. The van der Waals surface area contributed by atoms with Crippen LogP contribution in [0.4, 0.5) is 5.13 Å². The Hall–Kier alpha value is -1.67. The van der Waals surface area contributed by atoms with Crippen LogP contribution in [0.25, 0.3) is 9.53 Å². The van der Waals surface area contributed by atoms with Crippen LogP contribution in [-0.4, -0.2) is 43.6 Å². The number of thiophene rings is 1. The lowest BCUT2D eigenvalue weighted by Crippen LogP contribution is -2.38. The molecule has 2 aromatic rings.